The number of rotatable bonds is 5. The highest BCUT2D eigenvalue weighted by Gasteiger charge is 2.29. The van der Waals surface area contributed by atoms with E-state index in [1.54, 1.807) is 11.8 Å². The standard InChI is InChI=1S/C22H27ClN2OS/c1-4-17-12-11-16(3)25(13-17)22(26)20-10-6-8-18(24-20)14-27-21-15(2)7-5-9-19(21)23/h5-10,16-17H,4,11-14H2,1-3H3. The summed E-state index contributed by atoms with van der Waals surface area (Å²) >= 11 is 7.99. The van der Waals surface area contributed by atoms with Gasteiger partial charge in [-0.1, -0.05) is 43.1 Å². The molecule has 1 fully saturated rings. The van der Waals surface area contributed by atoms with Gasteiger partial charge in [0.25, 0.3) is 5.91 Å². The van der Waals surface area contributed by atoms with Crippen molar-refractivity contribution in [2.45, 2.75) is 56.7 Å². The van der Waals surface area contributed by atoms with E-state index < -0.39 is 0 Å². The second kappa shape index (κ2) is 9.11. The van der Waals surface area contributed by atoms with Crippen molar-refractivity contribution < 1.29 is 4.79 Å². The molecule has 0 saturated carbocycles. The summed E-state index contributed by atoms with van der Waals surface area (Å²) in [7, 11) is 0. The predicted octanol–water partition coefficient (Wildman–Crippen LogP) is 5.99. The highest BCUT2D eigenvalue weighted by Crippen LogP contribution is 2.32. The van der Waals surface area contributed by atoms with Crippen LogP contribution in [0.4, 0.5) is 0 Å². The van der Waals surface area contributed by atoms with Gasteiger partial charge in [-0.3, -0.25) is 4.79 Å². The van der Waals surface area contributed by atoms with Gasteiger partial charge in [0.1, 0.15) is 5.69 Å². The molecule has 27 heavy (non-hydrogen) atoms. The maximum atomic E-state index is 13.0. The number of carbonyl (C=O) groups excluding carboxylic acids is 1. The van der Waals surface area contributed by atoms with Crippen molar-refractivity contribution in [2.75, 3.05) is 6.54 Å². The lowest BCUT2D eigenvalue weighted by atomic mass is 9.91. The minimum atomic E-state index is 0.0569. The molecule has 2 unspecified atom stereocenters. The van der Waals surface area contributed by atoms with Crippen LogP contribution in [0.3, 0.4) is 0 Å². The Kier molecular flexibility index (Phi) is 6.83. The summed E-state index contributed by atoms with van der Waals surface area (Å²) < 4.78 is 0. The summed E-state index contributed by atoms with van der Waals surface area (Å²) in [6, 6.07) is 12.0. The van der Waals surface area contributed by atoms with E-state index in [4.69, 9.17) is 11.6 Å². The van der Waals surface area contributed by atoms with Crippen LogP contribution in [0.2, 0.25) is 5.02 Å². The highest BCUT2D eigenvalue weighted by molar-refractivity contribution is 7.98. The number of pyridine rings is 1. The van der Waals surface area contributed by atoms with E-state index in [0.717, 1.165) is 40.6 Å². The molecular formula is C22H27ClN2OS. The Balaban J connectivity index is 1.72. The fourth-order valence-corrected chi connectivity index (χ4v) is 4.91. The summed E-state index contributed by atoms with van der Waals surface area (Å²) in [5.41, 5.74) is 2.61. The highest BCUT2D eigenvalue weighted by atomic mass is 35.5. The number of hydrogen-bond acceptors (Lipinski definition) is 3. The maximum absolute atomic E-state index is 13.0. The molecule has 2 aromatic rings. The largest absolute Gasteiger partial charge is 0.334 e. The molecule has 1 amide bonds. The zero-order chi connectivity index (χ0) is 19.4. The van der Waals surface area contributed by atoms with Gasteiger partial charge in [-0.2, -0.15) is 0 Å². The van der Waals surface area contributed by atoms with Gasteiger partial charge < -0.3 is 4.90 Å². The average Bonchev–Trinajstić information content (AvgIpc) is 2.68. The van der Waals surface area contributed by atoms with Gasteiger partial charge in [-0.15, -0.1) is 11.8 Å². The van der Waals surface area contributed by atoms with Gasteiger partial charge in [0.2, 0.25) is 0 Å². The van der Waals surface area contributed by atoms with Crippen molar-refractivity contribution >= 4 is 29.3 Å². The number of aryl methyl sites for hydroxylation is 1. The number of hydrogen-bond donors (Lipinski definition) is 0. The topological polar surface area (TPSA) is 33.2 Å². The van der Waals surface area contributed by atoms with Gasteiger partial charge >= 0.3 is 0 Å². The first-order valence-corrected chi connectivity index (χ1v) is 11.0. The minimum Gasteiger partial charge on any atom is -0.334 e. The molecule has 1 aliphatic heterocycles. The van der Waals surface area contributed by atoms with Crippen molar-refractivity contribution in [1.29, 1.82) is 0 Å². The SMILES string of the molecule is CCC1CCC(C)N(C(=O)c2cccc(CSc3c(C)cccc3Cl)n2)C1. The number of nitrogens with zero attached hydrogens (tertiary/aromatic N) is 2. The zero-order valence-electron chi connectivity index (χ0n) is 16.2. The van der Waals surface area contributed by atoms with Crippen LogP contribution in [-0.2, 0) is 5.75 Å². The molecule has 0 radical (unpaired) electrons. The number of carbonyl (C=O) groups is 1. The van der Waals surface area contributed by atoms with E-state index in [1.165, 1.54) is 6.42 Å². The second-order valence-corrected chi connectivity index (χ2v) is 8.74. The molecule has 0 spiro atoms. The Morgan fingerprint density at radius 1 is 1.26 bits per heavy atom. The molecule has 3 rings (SSSR count). The summed E-state index contributed by atoms with van der Waals surface area (Å²) in [6.45, 7) is 7.25. The summed E-state index contributed by atoms with van der Waals surface area (Å²) in [6.07, 6.45) is 3.41. The average molecular weight is 403 g/mol. The Bertz CT molecular complexity index is 790. The number of amides is 1. The van der Waals surface area contributed by atoms with Crippen LogP contribution in [0.1, 0.15) is 54.9 Å². The van der Waals surface area contributed by atoms with Crippen molar-refractivity contribution in [3.05, 3.63) is 58.4 Å². The third-order valence-electron chi connectivity index (χ3n) is 5.37. The van der Waals surface area contributed by atoms with E-state index >= 15 is 0 Å². The number of benzene rings is 1. The molecule has 3 nitrogen and oxygen atoms in total. The van der Waals surface area contributed by atoms with E-state index in [0.29, 0.717) is 17.4 Å². The van der Waals surface area contributed by atoms with Crippen molar-refractivity contribution in [3.63, 3.8) is 0 Å². The van der Waals surface area contributed by atoms with Gasteiger partial charge in [-0.25, -0.2) is 4.98 Å². The van der Waals surface area contributed by atoms with Crippen LogP contribution in [-0.4, -0.2) is 28.4 Å². The molecule has 1 aromatic carbocycles. The molecule has 0 bridgehead atoms. The summed E-state index contributed by atoms with van der Waals surface area (Å²) in [4.78, 5) is 20.8. The first-order chi connectivity index (χ1) is 13.0. The van der Waals surface area contributed by atoms with Crippen LogP contribution < -0.4 is 0 Å². The predicted molar refractivity (Wildman–Crippen MR) is 114 cm³/mol. The molecule has 1 aromatic heterocycles. The number of thioether (sulfide) groups is 1. The fraction of sp³-hybridized carbons (Fsp3) is 0.455. The number of likely N-dealkylation sites (tertiary alicyclic amines) is 1. The lowest BCUT2D eigenvalue weighted by Gasteiger charge is -2.37. The van der Waals surface area contributed by atoms with Crippen LogP contribution in [0.25, 0.3) is 0 Å². The van der Waals surface area contributed by atoms with E-state index in [9.17, 15) is 4.79 Å². The van der Waals surface area contributed by atoms with Crippen LogP contribution in [0.15, 0.2) is 41.3 Å². The molecule has 1 aliphatic rings. The molecule has 2 atom stereocenters. The number of piperidine rings is 1. The zero-order valence-corrected chi connectivity index (χ0v) is 17.8. The van der Waals surface area contributed by atoms with Crippen molar-refractivity contribution in [1.82, 2.24) is 9.88 Å². The Hall–Kier alpha value is -1.52. The van der Waals surface area contributed by atoms with E-state index in [-0.39, 0.29) is 11.9 Å². The molecule has 5 heteroatoms. The summed E-state index contributed by atoms with van der Waals surface area (Å²) in [5, 5.41) is 0.764. The second-order valence-electron chi connectivity index (χ2n) is 7.35. The summed E-state index contributed by atoms with van der Waals surface area (Å²) in [5.74, 6) is 1.35. The normalized spacial score (nSPS) is 19.9. The van der Waals surface area contributed by atoms with E-state index in [2.05, 4.69) is 31.8 Å². The molecule has 1 saturated heterocycles. The Morgan fingerprint density at radius 2 is 2.04 bits per heavy atom. The smallest absolute Gasteiger partial charge is 0.272 e. The lowest BCUT2D eigenvalue weighted by molar-refractivity contribution is 0.0550. The minimum absolute atomic E-state index is 0.0569. The first-order valence-electron chi connectivity index (χ1n) is 9.64. The lowest BCUT2D eigenvalue weighted by Crippen LogP contribution is -2.45. The van der Waals surface area contributed by atoms with Gasteiger partial charge in [0.05, 0.1) is 10.7 Å². The van der Waals surface area contributed by atoms with Crippen LogP contribution in [0, 0.1) is 12.8 Å². The fourth-order valence-electron chi connectivity index (χ4n) is 3.57. The van der Waals surface area contributed by atoms with Gasteiger partial charge in [0.15, 0.2) is 0 Å². The first kappa shape index (κ1) is 20.2. The quantitative estimate of drug-likeness (QED) is 0.576. The monoisotopic (exact) mass is 402 g/mol. The Labute approximate surface area is 171 Å². The number of halogens is 1. The number of aromatic nitrogens is 1. The van der Waals surface area contributed by atoms with Crippen molar-refractivity contribution in [3.8, 4) is 0 Å². The van der Waals surface area contributed by atoms with E-state index in [1.807, 2.05) is 35.2 Å². The molecule has 2 heterocycles. The third kappa shape index (κ3) is 4.85. The molecule has 144 valence electrons. The van der Waals surface area contributed by atoms with Crippen molar-refractivity contribution in [2.24, 2.45) is 5.92 Å². The molecular weight excluding hydrogens is 376 g/mol. The molecule has 0 aliphatic carbocycles. The maximum Gasteiger partial charge on any atom is 0.272 e. The van der Waals surface area contributed by atoms with Crippen LogP contribution >= 0.6 is 23.4 Å². The van der Waals surface area contributed by atoms with Gasteiger partial charge in [-0.05, 0) is 56.4 Å². The Morgan fingerprint density at radius 3 is 2.78 bits per heavy atom. The molecule has 0 N–H and O–H groups in total. The van der Waals surface area contributed by atoms with Crippen LogP contribution in [0.5, 0.6) is 0 Å². The third-order valence-corrected chi connectivity index (χ3v) is 7.07. The van der Waals surface area contributed by atoms with Gasteiger partial charge in [0, 0.05) is 23.2 Å².